The number of rotatable bonds is 7. The van der Waals surface area contributed by atoms with Crippen LogP contribution in [-0.2, 0) is 16.6 Å². The molecular formula is C24H28N4O3S. The first-order valence-corrected chi connectivity index (χ1v) is 12.3. The summed E-state index contributed by atoms with van der Waals surface area (Å²) >= 11 is 0. The summed E-state index contributed by atoms with van der Waals surface area (Å²) in [6.07, 6.45) is 5.53. The van der Waals surface area contributed by atoms with E-state index >= 15 is 0 Å². The zero-order valence-electron chi connectivity index (χ0n) is 18.4. The Morgan fingerprint density at radius 3 is 2.50 bits per heavy atom. The molecular weight excluding hydrogens is 424 g/mol. The fraction of sp³-hybridized carbons (Fsp3) is 0.333. The molecule has 0 unspecified atom stereocenters. The molecule has 1 amide bonds. The molecule has 1 fully saturated rings. The fourth-order valence-electron chi connectivity index (χ4n) is 3.96. The van der Waals surface area contributed by atoms with E-state index in [0.29, 0.717) is 36.8 Å². The van der Waals surface area contributed by atoms with E-state index in [4.69, 9.17) is 0 Å². The van der Waals surface area contributed by atoms with Crippen LogP contribution in [0.15, 0.2) is 65.8 Å². The standard InChI is InChI=1S/C24H28N4O3S/c1-18(2)23-25-12-15-27(23)17-19-6-5-7-21(16-19)26-24(29)20-8-10-22(11-9-20)32(30,31)28-13-3-4-14-28/h5-12,15-16,18H,3-4,13-14,17H2,1-2H3,(H,26,29). The van der Waals surface area contributed by atoms with E-state index in [2.05, 4.69) is 28.7 Å². The molecule has 32 heavy (non-hydrogen) atoms. The summed E-state index contributed by atoms with van der Waals surface area (Å²) in [6, 6.07) is 13.8. The zero-order valence-corrected chi connectivity index (χ0v) is 19.2. The highest BCUT2D eigenvalue weighted by Gasteiger charge is 2.27. The van der Waals surface area contributed by atoms with Crippen LogP contribution in [0.1, 0.15) is 54.4 Å². The average molecular weight is 453 g/mol. The van der Waals surface area contributed by atoms with Crippen LogP contribution in [0, 0.1) is 0 Å². The first-order chi connectivity index (χ1) is 15.3. The monoisotopic (exact) mass is 452 g/mol. The van der Waals surface area contributed by atoms with Gasteiger partial charge in [-0.3, -0.25) is 4.79 Å². The van der Waals surface area contributed by atoms with E-state index in [1.54, 1.807) is 18.3 Å². The lowest BCUT2D eigenvalue weighted by Gasteiger charge is -2.15. The predicted octanol–water partition coefficient (Wildman–Crippen LogP) is 4.09. The number of aromatic nitrogens is 2. The molecule has 0 bridgehead atoms. The molecule has 3 aromatic rings. The first kappa shape index (κ1) is 22.2. The van der Waals surface area contributed by atoms with Gasteiger partial charge in [-0.1, -0.05) is 26.0 Å². The molecule has 0 saturated carbocycles. The Morgan fingerprint density at radius 1 is 1.09 bits per heavy atom. The van der Waals surface area contributed by atoms with Crippen molar-refractivity contribution in [3.8, 4) is 0 Å². The number of benzene rings is 2. The molecule has 1 aliphatic rings. The van der Waals surface area contributed by atoms with Gasteiger partial charge in [-0.25, -0.2) is 13.4 Å². The zero-order chi connectivity index (χ0) is 22.7. The molecule has 1 aromatic heterocycles. The summed E-state index contributed by atoms with van der Waals surface area (Å²) in [4.78, 5) is 17.4. The van der Waals surface area contributed by atoms with Crippen molar-refractivity contribution in [3.63, 3.8) is 0 Å². The van der Waals surface area contributed by atoms with Gasteiger partial charge in [0.25, 0.3) is 5.91 Å². The second-order valence-corrected chi connectivity index (χ2v) is 10.3. The van der Waals surface area contributed by atoms with Gasteiger partial charge in [0, 0.05) is 49.2 Å². The minimum Gasteiger partial charge on any atom is -0.330 e. The van der Waals surface area contributed by atoms with Crippen LogP contribution in [0.4, 0.5) is 5.69 Å². The molecule has 0 spiro atoms. The minimum atomic E-state index is -3.49. The summed E-state index contributed by atoms with van der Waals surface area (Å²) in [5, 5.41) is 2.91. The Kier molecular flexibility index (Phi) is 6.43. The van der Waals surface area contributed by atoms with Gasteiger partial charge in [0.1, 0.15) is 5.82 Å². The van der Waals surface area contributed by atoms with Gasteiger partial charge in [0.05, 0.1) is 4.90 Å². The Labute approximate surface area is 189 Å². The predicted molar refractivity (Wildman–Crippen MR) is 124 cm³/mol. The van der Waals surface area contributed by atoms with Crippen molar-refractivity contribution in [3.05, 3.63) is 77.9 Å². The largest absolute Gasteiger partial charge is 0.330 e. The molecule has 2 aromatic carbocycles. The van der Waals surface area contributed by atoms with E-state index in [1.807, 2.05) is 30.5 Å². The second kappa shape index (κ2) is 9.26. The molecule has 0 radical (unpaired) electrons. The Hall–Kier alpha value is -2.97. The van der Waals surface area contributed by atoms with Gasteiger partial charge in [0.15, 0.2) is 0 Å². The first-order valence-electron chi connectivity index (χ1n) is 10.9. The molecule has 0 aliphatic carbocycles. The summed E-state index contributed by atoms with van der Waals surface area (Å²) < 4.78 is 28.9. The highest BCUT2D eigenvalue weighted by atomic mass is 32.2. The van der Waals surface area contributed by atoms with Gasteiger partial charge in [-0.15, -0.1) is 0 Å². The Bertz CT molecular complexity index is 1190. The van der Waals surface area contributed by atoms with Gasteiger partial charge in [0.2, 0.25) is 10.0 Å². The van der Waals surface area contributed by atoms with Crippen molar-refractivity contribution in [2.24, 2.45) is 0 Å². The maximum atomic E-state index is 12.7. The Balaban J connectivity index is 1.45. The number of nitrogens with one attached hydrogen (secondary N) is 1. The number of carbonyl (C=O) groups excluding carboxylic acids is 1. The highest BCUT2D eigenvalue weighted by molar-refractivity contribution is 7.89. The summed E-state index contributed by atoms with van der Waals surface area (Å²) in [6.45, 7) is 5.99. The lowest BCUT2D eigenvalue weighted by molar-refractivity contribution is 0.102. The number of hydrogen-bond acceptors (Lipinski definition) is 4. The number of anilines is 1. The number of nitrogens with zero attached hydrogens (tertiary/aromatic N) is 3. The molecule has 1 saturated heterocycles. The van der Waals surface area contributed by atoms with Crippen molar-refractivity contribution in [1.29, 1.82) is 0 Å². The van der Waals surface area contributed by atoms with Crippen LogP contribution in [-0.4, -0.2) is 41.3 Å². The van der Waals surface area contributed by atoms with Crippen LogP contribution < -0.4 is 5.32 Å². The van der Waals surface area contributed by atoms with Crippen molar-refractivity contribution in [1.82, 2.24) is 13.9 Å². The summed E-state index contributed by atoms with van der Waals surface area (Å²) in [5.41, 5.74) is 2.15. The molecule has 1 N–H and O–H groups in total. The molecule has 4 rings (SSSR count). The third-order valence-corrected chi connectivity index (χ3v) is 7.53. The third kappa shape index (κ3) is 4.76. The fourth-order valence-corrected chi connectivity index (χ4v) is 5.48. The molecule has 0 atom stereocenters. The van der Waals surface area contributed by atoms with Crippen LogP contribution >= 0.6 is 0 Å². The quantitative estimate of drug-likeness (QED) is 0.585. The van der Waals surface area contributed by atoms with E-state index in [9.17, 15) is 13.2 Å². The van der Waals surface area contributed by atoms with Crippen LogP contribution in [0.25, 0.3) is 0 Å². The van der Waals surface area contributed by atoms with E-state index in [-0.39, 0.29) is 10.8 Å². The van der Waals surface area contributed by atoms with Crippen molar-refractivity contribution >= 4 is 21.6 Å². The maximum absolute atomic E-state index is 12.7. The second-order valence-electron chi connectivity index (χ2n) is 8.36. The van der Waals surface area contributed by atoms with Crippen LogP contribution in [0.3, 0.4) is 0 Å². The smallest absolute Gasteiger partial charge is 0.255 e. The van der Waals surface area contributed by atoms with Gasteiger partial charge in [-0.05, 0) is 54.8 Å². The van der Waals surface area contributed by atoms with Gasteiger partial charge < -0.3 is 9.88 Å². The van der Waals surface area contributed by atoms with E-state index in [0.717, 1.165) is 24.2 Å². The molecule has 7 nitrogen and oxygen atoms in total. The minimum absolute atomic E-state index is 0.222. The normalized spacial score (nSPS) is 14.7. The molecule has 8 heteroatoms. The highest BCUT2D eigenvalue weighted by Crippen LogP contribution is 2.22. The van der Waals surface area contributed by atoms with Crippen LogP contribution in [0.5, 0.6) is 0 Å². The Morgan fingerprint density at radius 2 is 1.81 bits per heavy atom. The molecule has 1 aliphatic heterocycles. The topological polar surface area (TPSA) is 84.3 Å². The summed E-state index contributed by atoms with van der Waals surface area (Å²) in [5.74, 6) is 1.06. The van der Waals surface area contributed by atoms with Crippen molar-refractivity contribution in [2.45, 2.75) is 44.0 Å². The number of amides is 1. The van der Waals surface area contributed by atoms with Crippen LogP contribution in [0.2, 0.25) is 0 Å². The molecule has 2 heterocycles. The van der Waals surface area contributed by atoms with E-state index < -0.39 is 10.0 Å². The SMILES string of the molecule is CC(C)c1nccn1Cc1cccc(NC(=O)c2ccc(S(=O)(=O)N3CCCC3)cc2)c1. The van der Waals surface area contributed by atoms with Crippen molar-refractivity contribution < 1.29 is 13.2 Å². The van der Waals surface area contributed by atoms with Crippen molar-refractivity contribution in [2.75, 3.05) is 18.4 Å². The average Bonchev–Trinajstić information content (AvgIpc) is 3.47. The number of imidazole rings is 1. The number of hydrogen-bond donors (Lipinski definition) is 1. The third-order valence-electron chi connectivity index (χ3n) is 5.62. The molecule has 168 valence electrons. The van der Waals surface area contributed by atoms with Gasteiger partial charge >= 0.3 is 0 Å². The lowest BCUT2D eigenvalue weighted by atomic mass is 10.1. The number of sulfonamides is 1. The summed E-state index contributed by atoms with van der Waals surface area (Å²) in [7, 11) is -3.49. The van der Waals surface area contributed by atoms with Gasteiger partial charge in [-0.2, -0.15) is 4.31 Å². The number of carbonyl (C=O) groups is 1. The van der Waals surface area contributed by atoms with E-state index in [1.165, 1.54) is 16.4 Å². The lowest BCUT2D eigenvalue weighted by Crippen LogP contribution is -2.27. The maximum Gasteiger partial charge on any atom is 0.255 e.